The number of benzene rings is 1. The van der Waals surface area contributed by atoms with Crippen molar-refractivity contribution in [3.05, 3.63) is 65.7 Å². The summed E-state index contributed by atoms with van der Waals surface area (Å²) in [5.41, 5.74) is 1.74. The van der Waals surface area contributed by atoms with Crippen molar-refractivity contribution in [1.82, 2.24) is 14.8 Å². The van der Waals surface area contributed by atoms with Crippen LogP contribution in [0.25, 0.3) is 0 Å². The molecule has 0 spiro atoms. The summed E-state index contributed by atoms with van der Waals surface area (Å²) in [6.07, 6.45) is 6.48. The van der Waals surface area contributed by atoms with Crippen LogP contribution in [0.1, 0.15) is 35.7 Å². The molecular formula is C22H28FN3O. The van der Waals surface area contributed by atoms with E-state index in [2.05, 4.69) is 9.88 Å². The minimum absolute atomic E-state index is 0.0804. The number of piperidine rings is 1. The summed E-state index contributed by atoms with van der Waals surface area (Å²) < 4.78 is 13.3. The fraction of sp³-hybridized carbons (Fsp3) is 0.455. The molecule has 1 aromatic heterocycles. The summed E-state index contributed by atoms with van der Waals surface area (Å²) in [6, 6.07) is 10.4. The molecule has 0 bridgehead atoms. The molecule has 0 aliphatic carbocycles. The fourth-order valence-corrected chi connectivity index (χ4v) is 3.83. The van der Waals surface area contributed by atoms with Gasteiger partial charge in [0.15, 0.2) is 0 Å². The average Bonchev–Trinajstić information content (AvgIpc) is 2.71. The van der Waals surface area contributed by atoms with E-state index >= 15 is 0 Å². The van der Waals surface area contributed by atoms with E-state index in [-0.39, 0.29) is 11.7 Å². The smallest absolute Gasteiger partial charge is 0.253 e. The number of likely N-dealkylation sites (tertiary alicyclic amines) is 1. The second-order valence-electron chi connectivity index (χ2n) is 7.27. The monoisotopic (exact) mass is 369 g/mol. The van der Waals surface area contributed by atoms with E-state index in [0.717, 1.165) is 51.0 Å². The number of hydrogen-bond donors (Lipinski definition) is 0. The van der Waals surface area contributed by atoms with Crippen molar-refractivity contribution in [2.75, 3.05) is 32.7 Å². The van der Waals surface area contributed by atoms with Crippen LogP contribution in [0.4, 0.5) is 4.39 Å². The minimum atomic E-state index is -0.169. The molecule has 1 aromatic carbocycles. The zero-order valence-corrected chi connectivity index (χ0v) is 16.0. The van der Waals surface area contributed by atoms with Gasteiger partial charge in [-0.1, -0.05) is 12.1 Å². The molecule has 1 saturated heterocycles. The van der Waals surface area contributed by atoms with Crippen LogP contribution in [0.5, 0.6) is 0 Å². The standard InChI is InChI=1S/C22H28FN3O/c1-2-26(22(27)20-8-11-24-12-9-20)17-19-6-4-13-25(16-19)14-10-18-5-3-7-21(23)15-18/h3,5,7-9,11-12,15,19H,2,4,6,10,13-14,16-17H2,1H3/t19-/m1/s1. The maximum atomic E-state index is 13.3. The zero-order valence-electron chi connectivity index (χ0n) is 16.0. The first-order valence-corrected chi connectivity index (χ1v) is 9.82. The van der Waals surface area contributed by atoms with Crippen molar-refractivity contribution in [1.29, 1.82) is 0 Å². The Balaban J connectivity index is 1.53. The Morgan fingerprint density at radius 2 is 2.11 bits per heavy atom. The highest BCUT2D eigenvalue weighted by Gasteiger charge is 2.24. The SMILES string of the molecule is CCN(C[C@@H]1CCCN(CCc2cccc(F)c2)C1)C(=O)c1ccncc1. The van der Waals surface area contributed by atoms with Crippen LogP contribution in [-0.4, -0.2) is 53.4 Å². The summed E-state index contributed by atoms with van der Waals surface area (Å²) in [7, 11) is 0. The summed E-state index contributed by atoms with van der Waals surface area (Å²) in [5.74, 6) is 0.394. The normalized spacial score (nSPS) is 17.6. The maximum absolute atomic E-state index is 13.3. The molecule has 27 heavy (non-hydrogen) atoms. The second-order valence-corrected chi connectivity index (χ2v) is 7.27. The number of amides is 1. The molecule has 1 aliphatic rings. The van der Waals surface area contributed by atoms with E-state index in [4.69, 9.17) is 0 Å². The number of halogens is 1. The molecule has 1 amide bonds. The van der Waals surface area contributed by atoms with Gasteiger partial charge in [0.05, 0.1) is 0 Å². The van der Waals surface area contributed by atoms with E-state index in [1.165, 1.54) is 6.07 Å². The Hall–Kier alpha value is -2.27. The zero-order chi connectivity index (χ0) is 19.1. The van der Waals surface area contributed by atoms with Crippen molar-refractivity contribution in [3.63, 3.8) is 0 Å². The van der Waals surface area contributed by atoms with Crippen molar-refractivity contribution in [2.24, 2.45) is 5.92 Å². The van der Waals surface area contributed by atoms with Gasteiger partial charge in [-0.05, 0) is 68.5 Å². The van der Waals surface area contributed by atoms with E-state index in [9.17, 15) is 9.18 Å². The van der Waals surface area contributed by atoms with Gasteiger partial charge in [0.1, 0.15) is 5.82 Å². The molecule has 0 unspecified atom stereocenters. The van der Waals surface area contributed by atoms with E-state index in [1.807, 2.05) is 17.9 Å². The molecule has 1 fully saturated rings. The maximum Gasteiger partial charge on any atom is 0.253 e. The lowest BCUT2D eigenvalue weighted by molar-refractivity contribution is 0.0690. The van der Waals surface area contributed by atoms with Gasteiger partial charge in [-0.2, -0.15) is 0 Å². The first-order valence-electron chi connectivity index (χ1n) is 9.82. The number of carbonyl (C=O) groups is 1. The average molecular weight is 369 g/mol. The number of hydrogen-bond acceptors (Lipinski definition) is 3. The van der Waals surface area contributed by atoms with Gasteiger partial charge < -0.3 is 9.80 Å². The van der Waals surface area contributed by atoms with Crippen LogP contribution in [0.15, 0.2) is 48.8 Å². The number of aromatic nitrogens is 1. The van der Waals surface area contributed by atoms with Crippen molar-refractivity contribution < 1.29 is 9.18 Å². The third kappa shape index (κ3) is 5.60. The molecule has 1 aliphatic heterocycles. The molecule has 5 heteroatoms. The Morgan fingerprint density at radius 1 is 1.30 bits per heavy atom. The van der Waals surface area contributed by atoms with E-state index < -0.39 is 0 Å². The minimum Gasteiger partial charge on any atom is -0.339 e. The van der Waals surface area contributed by atoms with E-state index in [1.54, 1.807) is 36.7 Å². The van der Waals surface area contributed by atoms with Gasteiger partial charge in [-0.15, -0.1) is 0 Å². The summed E-state index contributed by atoms with van der Waals surface area (Å²) in [4.78, 5) is 21.1. The molecular weight excluding hydrogens is 341 g/mol. The molecule has 1 atom stereocenters. The summed E-state index contributed by atoms with van der Waals surface area (Å²) >= 11 is 0. The van der Waals surface area contributed by atoms with E-state index in [0.29, 0.717) is 18.0 Å². The number of rotatable bonds is 7. The van der Waals surface area contributed by atoms with Crippen LogP contribution >= 0.6 is 0 Å². The molecule has 0 saturated carbocycles. The second kappa shape index (κ2) is 9.60. The highest BCUT2D eigenvalue weighted by atomic mass is 19.1. The third-order valence-corrected chi connectivity index (χ3v) is 5.28. The molecule has 0 N–H and O–H groups in total. The molecule has 3 rings (SSSR count). The molecule has 0 radical (unpaired) electrons. The summed E-state index contributed by atoms with van der Waals surface area (Å²) in [6.45, 7) is 6.54. The van der Waals surface area contributed by atoms with Crippen LogP contribution in [0, 0.1) is 11.7 Å². The Bertz CT molecular complexity index is 737. The lowest BCUT2D eigenvalue weighted by Gasteiger charge is -2.35. The predicted molar refractivity (Wildman–Crippen MR) is 105 cm³/mol. The first-order chi connectivity index (χ1) is 13.2. The quantitative estimate of drug-likeness (QED) is 0.748. The Labute approximate surface area is 161 Å². The van der Waals surface area contributed by atoms with Gasteiger partial charge >= 0.3 is 0 Å². The number of pyridine rings is 1. The summed E-state index contributed by atoms with van der Waals surface area (Å²) in [5, 5.41) is 0. The van der Waals surface area contributed by atoms with Crippen molar-refractivity contribution in [3.8, 4) is 0 Å². The van der Waals surface area contributed by atoms with Gasteiger partial charge in [-0.25, -0.2) is 4.39 Å². The number of carbonyl (C=O) groups excluding carboxylic acids is 1. The highest BCUT2D eigenvalue weighted by Crippen LogP contribution is 2.19. The van der Waals surface area contributed by atoms with Gasteiger partial charge in [0.2, 0.25) is 0 Å². The van der Waals surface area contributed by atoms with Crippen molar-refractivity contribution >= 4 is 5.91 Å². The first kappa shape index (κ1) is 19.5. The molecule has 2 aromatic rings. The van der Waals surface area contributed by atoms with Crippen LogP contribution in [0.2, 0.25) is 0 Å². The largest absolute Gasteiger partial charge is 0.339 e. The fourth-order valence-electron chi connectivity index (χ4n) is 3.83. The topological polar surface area (TPSA) is 36.4 Å². The lowest BCUT2D eigenvalue weighted by Crippen LogP contribution is -2.43. The number of nitrogens with zero attached hydrogens (tertiary/aromatic N) is 3. The van der Waals surface area contributed by atoms with Crippen LogP contribution in [-0.2, 0) is 6.42 Å². The Morgan fingerprint density at radius 3 is 2.85 bits per heavy atom. The highest BCUT2D eigenvalue weighted by molar-refractivity contribution is 5.94. The lowest BCUT2D eigenvalue weighted by atomic mass is 9.96. The van der Waals surface area contributed by atoms with Crippen LogP contribution in [0.3, 0.4) is 0 Å². The van der Waals surface area contributed by atoms with Gasteiger partial charge in [-0.3, -0.25) is 9.78 Å². The Kier molecular flexibility index (Phi) is 6.93. The van der Waals surface area contributed by atoms with Gasteiger partial charge in [0, 0.05) is 44.1 Å². The third-order valence-electron chi connectivity index (χ3n) is 5.28. The molecule has 144 valence electrons. The molecule has 2 heterocycles. The predicted octanol–water partition coefficient (Wildman–Crippen LogP) is 3.64. The van der Waals surface area contributed by atoms with Crippen molar-refractivity contribution in [2.45, 2.75) is 26.2 Å². The van der Waals surface area contributed by atoms with Gasteiger partial charge in [0.25, 0.3) is 5.91 Å². The molecule has 4 nitrogen and oxygen atoms in total. The van der Waals surface area contributed by atoms with Crippen LogP contribution < -0.4 is 0 Å².